The molecule has 1 heterocycles. The van der Waals surface area contributed by atoms with Crippen molar-refractivity contribution in [1.82, 2.24) is 14.3 Å². The normalized spacial score (nSPS) is 26.2. The molecular formula is C15H31N3O2S. The molecule has 0 spiro atoms. The molecule has 21 heavy (non-hydrogen) atoms. The monoisotopic (exact) mass is 317 g/mol. The summed E-state index contributed by atoms with van der Waals surface area (Å²) in [6, 6.07) is 0.747. The van der Waals surface area contributed by atoms with Crippen molar-refractivity contribution >= 4 is 10.2 Å². The molecular weight excluding hydrogens is 286 g/mol. The van der Waals surface area contributed by atoms with Crippen LogP contribution < -0.4 is 10.0 Å². The summed E-state index contributed by atoms with van der Waals surface area (Å²) in [5.74, 6) is 0.842. The van der Waals surface area contributed by atoms with Gasteiger partial charge in [-0.15, -0.1) is 0 Å². The molecule has 0 bridgehead atoms. The second-order valence-electron chi connectivity index (χ2n) is 7.02. The van der Waals surface area contributed by atoms with Crippen LogP contribution in [0.3, 0.4) is 0 Å². The molecule has 5 nitrogen and oxygen atoms in total. The standard InChI is InChI=1S/C15H31N3O2S/c1-12(2)13(3)10-17-21(19,20)18-9-5-4-6-15(18)11-16-14-7-8-14/h12-17H,4-11H2,1-3H3. The maximum Gasteiger partial charge on any atom is 0.279 e. The second-order valence-corrected chi connectivity index (χ2v) is 8.73. The van der Waals surface area contributed by atoms with Crippen LogP contribution in [0.2, 0.25) is 0 Å². The smallest absolute Gasteiger partial charge is 0.279 e. The molecule has 0 radical (unpaired) electrons. The maximum absolute atomic E-state index is 12.6. The number of piperidine rings is 1. The van der Waals surface area contributed by atoms with E-state index >= 15 is 0 Å². The summed E-state index contributed by atoms with van der Waals surface area (Å²) in [5, 5.41) is 3.48. The summed E-state index contributed by atoms with van der Waals surface area (Å²) in [5.41, 5.74) is 0. The lowest BCUT2D eigenvalue weighted by Crippen LogP contribution is -2.53. The first-order valence-electron chi connectivity index (χ1n) is 8.40. The molecule has 1 saturated carbocycles. The highest BCUT2D eigenvalue weighted by Crippen LogP contribution is 2.23. The molecule has 0 aromatic carbocycles. The highest BCUT2D eigenvalue weighted by atomic mass is 32.2. The fourth-order valence-electron chi connectivity index (χ4n) is 2.64. The topological polar surface area (TPSA) is 61.4 Å². The number of nitrogens with zero attached hydrogens (tertiary/aromatic N) is 1. The Bertz CT molecular complexity index is 421. The third kappa shape index (κ3) is 5.20. The summed E-state index contributed by atoms with van der Waals surface area (Å²) >= 11 is 0. The van der Waals surface area contributed by atoms with Gasteiger partial charge in [-0.25, -0.2) is 4.72 Å². The molecule has 2 atom stereocenters. The minimum atomic E-state index is -3.35. The van der Waals surface area contributed by atoms with Crippen molar-refractivity contribution in [3.8, 4) is 0 Å². The summed E-state index contributed by atoms with van der Waals surface area (Å²) in [7, 11) is -3.35. The lowest BCUT2D eigenvalue weighted by atomic mass is 9.99. The molecule has 2 rings (SSSR count). The van der Waals surface area contributed by atoms with Crippen molar-refractivity contribution in [3.05, 3.63) is 0 Å². The molecule has 0 amide bonds. The van der Waals surface area contributed by atoms with E-state index in [1.54, 1.807) is 4.31 Å². The van der Waals surface area contributed by atoms with E-state index in [0.717, 1.165) is 25.8 Å². The SMILES string of the molecule is CC(C)C(C)CNS(=O)(=O)N1CCCCC1CNC1CC1. The molecule has 1 aliphatic carbocycles. The number of hydrogen-bond acceptors (Lipinski definition) is 3. The Labute approximate surface area is 130 Å². The van der Waals surface area contributed by atoms with Gasteiger partial charge in [0, 0.05) is 31.7 Å². The van der Waals surface area contributed by atoms with Crippen LogP contribution in [0.4, 0.5) is 0 Å². The van der Waals surface area contributed by atoms with Crippen LogP contribution in [-0.2, 0) is 10.2 Å². The van der Waals surface area contributed by atoms with Crippen molar-refractivity contribution in [2.75, 3.05) is 19.6 Å². The largest absolute Gasteiger partial charge is 0.312 e. The average molecular weight is 317 g/mol. The zero-order valence-electron chi connectivity index (χ0n) is 13.6. The van der Waals surface area contributed by atoms with Crippen LogP contribution in [0.15, 0.2) is 0 Å². The van der Waals surface area contributed by atoms with Crippen LogP contribution >= 0.6 is 0 Å². The van der Waals surface area contributed by atoms with Gasteiger partial charge in [0.15, 0.2) is 0 Å². The van der Waals surface area contributed by atoms with E-state index in [1.165, 1.54) is 12.8 Å². The van der Waals surface area contributed by atoms with Gasteiger partial charge in [-0.1, -0.05) is 27.2 Å². The van der Waals surface area contributed by atoms with Gasteiger partial charge in [0.05, 0.1) is 0 Å². The Hall–Kier alpha value is -0.170. The van der Waals surface area contributed by atoms with Gasteiger partial charge in [0.25, 0.3) is 10.2 Å². The quantitative estimate of drug-likeness (QED) is 0.716. The molecule has 0 aromatic rings. The first-order chi connectivity index (χ1) is 9.90. The molecule has 1 aliphatic heterocycles. The minimum absolute atomic E-state index is 0.117. The predicted octanol–water partition coefficient (Wildman–Crippen LogP) is 1.72. The van der Waals surface area contributed by atoms with Crippen molar-refractivity contribution < 1.29 is 8.42 Å². The van der Waals surface area contributed by atoms with Crippen molar-refractivity contribution in [2.24, 2.45) is 11.8 Å². The van der Waals surface area contributed by atoms with Gasteiger partial charge in [-0.2, -0.15) is 12.7 Å². The first-order valence-corrected chi connectivity index (χ1v) is 9.84. The van der Waals surface area contributed by atoms with Crippen molar-refractivity contribution in [2.45, 2.75) is 65.0 Å². The summed E-state index contributed by atoms with van der Waals surface area (Å²) < 4.78 is 29.6. The van der Waals surface area contributed by atoms with Crippen molar-refractivity contribution in [3.63, 3.8) is 0 Å². The molecule has 2 N–H and O–H groups in total. The molecule has 2 aliphatic rings. The lowest BCUT2D eigenvalue weighted by molar-refractivity contribution is 0.241. The number of hydrogen-bond donors (Lipinski definition) is 2. The van der Waals surface area contributed by atoms with E-state index in [4.69, 9.17) is 0 Å². The van der Waals surface area contributed by atoms with Gasteiger partial charge < -0.3 is 5.32 Å². The molecule has 2 unspecified atom stereocenters. The Morgan fingerprint density at radius 3 is 2.48 bits per heavy atom. The van der Waals surface area contributed by atoms with Crippen LogP contribution in [0.1, 0.15) is 52.9 Å². The van der Waals surface area contributed by atoms with Crippen LogP contribution in [-0.4, -0.2) is 44.4 Å². The van der Waals surface area contributed by atoms with E-state index < -0.39 is 10.2 Å². The lowest BCUT2D eigenvalue weighted by Gasteiger charge is -2.35. The minimum Gasteiger partial charge on any atom is -0.312 e. The van der Waals surface area contributed by atoms with Gasteiger partial charge in [-0.3, -0.25) is 0 Å². The fraction of sp³-hybridized carbons (Fsp3) is 1.00. The molecule has 2 fully saturated rings. The maximum atomic E-state index is 12.6. The van der Waals surface area contributed by atoms with Crippen LogP contribution in [0.25, 0.3) is 0 Å². The van der Waals surface area contributed by atoms with Crippen LogP contribution in [0, 0.1) is 11.8 Å². The zero-order valence-corrected chi connectivity index (χ0v) is 14.5. The highest BCUT2D eigenvalue weighted by Gasteiger charge is 2.33. The van der Waals surface area contributed by atoms with Gasteiger partial charge >= 0.3 is 0 Å². The molecule has 6 heteroatoms. The van der Waals surface area contributed by atoms with Crippen LogP contribution in [0.5, 0.6) is 0 Å². The highest BCUT2D eigenvalue weighted by molar-refractivity contribution is 7.87. The van der Waals surface area contributed by atoms with Crippen molar-refractivity contribution in [1.29, 1.82) is 0 Å². The van der Waals surface area contributed by atoms with E-state index in [1.807, 2.05) is 0 Å². The Kier molecular flexibility index (Phi) is 6.05. The molecule has 0 aromatic heterocycles. The molecule has 1 saturated heterocycles. The Balaban J connectivity index is 1.90. The summed E-state index contributed by atoms with van der Waals surface area (Å²) in [6.07, 6.45) is 5.56. The second kappa shape index (κ2) is 7.40. The van der Waals surface area contributed by atoms with Gasteiger partial charge in [-0.05, 0) is 37.5 Å². The number of rotatable bonds is 8. The van der Waals surface area contributed by atoms with E-state index in [0.29, 0.717) is 31.0 Å². The van der Waals surface area contributed by atoms with Gasteiger partial charge in [0.2, 0.25) is 0 Å². The third-order valence-electron chi connectivity index (χ3n) is 4.83. The third-order valence-corrected chi connectivity index (χ3v) is 6.46. The molecule has 124 valence electrons. The summed E-state index contributed by atoms with van der Waals surface area (Å²) in [6.45, 7) is 8.33. The first kappa shape index (κ1) is 17.2. The Morgan fingerprint density at radius 1 is 1.14 bits per heavy atom. The van der Waals surface area contributed by atoms with E-state index in [2.05, 4.69) is 30.8 Å². The van der Waals surface area contributed by atoms with E-state index in [-0.39, 0.29) is 6.04 Å². The predicted molar refractivity (Wildman–Crippen MR) is 86.3 cm³/mol. The fourth-order valence-corrected chi connectivity index (χ4v) is 4.22. The van der Waals surface area contributed by atoms with Gasteiger partial charge in [0.1, 0.15) is 0 Å². The van der Waals surface area contributed by atoms with E-state index in [9.17, 15) is 8.42 Å². The summed E-state index contributed by atoms with van der Waals surface area (Å²) in [4.78, 5) is 0. The Morgan fingerprint density at radius 2 is 1.86 bits per heavy atom. The number of nitrogens with one attached hydrogen (secondary N) is 2. The zero-order chi connectivity index (χ0) is 15.5. The average Bonchev–Trinajstić information content (AvgIpc) is 3.27.